The summed E-state index contributed by atoms with van der Waals surface area (Å²) in [5.74, 6) is -0.632. The smallest absolute Gasteiger partial charge is 0.300 e. The summed E-state index contributed by atoms with van der Waals surface area (Å²) < 4.78 is 11.0. The molecule has 1 atom stereocenters. The highest BCUT2D eigenvalue weighted by atomic mass is 35.5. The molecule has 0 saturated carbocycles. The van der Waals surface area contributed by atoms with E-state index in [1.165, 1.54) is 12.0 Å². The third-order valence-corrected chi connectivity index (χ3v) is 6.66. The number of aryl methyl sites for hydroxylation is 1. The minimum atomic E-state index is -0.839. The number of carbonyl (C=O) groups is 2. The van der Waals surface area contributed by atoms with Gasteiger partial charge in [0, 0.05) is 11.3 Å². The lowest BCUT2D eigenvalue weighted by molar-refractivity contribution is -0.132. The minimum Gasteiger partial charge on any atom is -0.507 e. The van der Waals surface area contributed by atoms with E-state index in [9.17, 15) is 14.7 Å². The first-order valence-electron chi connectivity index (χ1n) is 12.3. The van der Waals surface area contributed by atoms with E-state index in [0.29, 0.717) is 39.9 Å². The van der Waals surface area contributed by atoms with Crippen molar-refractivity contribution >= 4 is 34.7 Å². The van der Waals surface area contributed by atoms with Crippen LogP contribution in [-0.4, -0.2) is 30.5 Å². The van der Waals surface area contributed by atoms with Gasteiger partial charge in [0.25, 0.3) is 11.7 Å². The molecule has 1 fully saturated rings. The van der Waals surface area contributed by atoms with Crippen LogP contribution in [0.2, 0.25) is 5.02 Å². The molecule has 0 radical (unpaired) electrons. The number of rotatable bonds is 9. The molecule has 192 valence electrons. The zero-order valence-corrected chi connectivity index (χ0v) is 21.9. The third kappa shape index (κ3) is 5.49. The number of aliphatic hydroxyl groups excluding tert-OH is 1. The summed E-state index contributed by atoms with van der Waals surface area (Å²) >= 11 is 6.35. The summed E-state index contributed by atoms with van der Waals surface area (Å²) in [5, 5.41) is 11.6. The molecule has 4 rings (SSSR count). The summed E-state index contributed by atoms with van der Waals surface area (Å²) in [6.45, 7) is 4.68. The highest BCUT2D eigenvalue weighted by Crippen LogP contribution is 2.43. The van der Waals surface area contributed by atoms with Gasteiger partial charge in [0.2, 0.25) is 0 Å². The lowest BCUT2D eigenvalue weighted by atomic mass is 9.94. The van der Waals surface area contributed by atoms with Crippen molar-refractivity contribution in [3.8, 4) is 11.5 Å². The number of hydrogen-bond acceptors (Lipinski definition) is 5. The minimum absolute atomic E-state index is 0.0131. The number of hydrogen-bond donors (Lipinski definition) is 1. The Morgan fingerprint density at radius 2 is 1.78 bits per heavy atom. The van der Waals surface area contributed by atoms with Gasteiger partial charge in [-0.2, -0.15) is 0 Å². The fourth-order valence-corrected chi connectivity index (χ4v) is 4.72. The van der Waals surface area contributed by atoms with E-state index in [1.54, 1.807) is 42.5 Å². The van der Waals surface area contributed by atoms with Crippen molar-refractivity contribution in [3.05, 3.63) is 94.0 Å². The molecule has 1 aliphatic heterocycles. The molecule has 1 N–H and O–H groups in total. The molecule has 1 unspecified atom stereocenters. The molecule has 0 spiro atoms. The molecule has 1 saturated heterocycles. The van der Waals surface area contributed by atoms with E-state index in [4.69, 9.17) is 21.1 Å². The van der Waals surface area contributed by atoms with Crippen LogP contribution in [0.4, 0.5) is 5.69 Å². The number of anilines is 1. The van der Waals surface area contributed by atoms with Crippen molar-refractivity contribution in [2.24, 2.45) is 0 Å². The van der Waals surface area contributed by atoms with Gasteiger partial charge in [-0.1, -0.05) is 61.2 Å². The van der Waals surface area contributed by atoms with Gasteiger partial charge in [0.1, 0.15) is 17.3 Å². The van der Waals surface area contributed by atoms with E-state index < -0.39 is 17.7 Å². The predicted molar refractivity (Wildman–Crippen MR) is 145 cm³/mol. The molecular weight excluding hydrogens is 490 g/mol. The summed E-state index contributed by atoms with van der Waals surface area (Å²) in [6.07, 6.45) is 3.17. The van der Waals surface area contributed by atoms with Crippen LogP contribution in [0.5, 0.6) is 11.5 Å². The molecule has 3 aromatic carbocycles. The SMILES string of the molecule is CCCCCOc1ccc(/C(O)=C2\C(=O)C(=O)N(c3ccc(OC)c(Cl)c3)C2c2cccc(C)c2)cc1. The Kier molecular flexibility index (Phi) is 8.19. The highest BCUT2D eigenvalue weighted by Gasteiger charge is 2.47. The van der Waals surface area contributed by atoms with Crippen LogP contribution in [0, 0.1) is 6.92 Å². The number of amides is 1. The third-order valence-electron chi connectivity index (χ3n) is 6.36. The maximum atomic E-state index is 13.4. The number of nitrogens with zero attached hydrogens (tertiary/aromatic N) is 1. The van der Waals surface area contributed by atoms with E-state index in [-0.39, 0.29) is 11.3 Å². The maximum Gasteiger partial charge on any atom is 0.300 e. The van der Waals surface area contributed by atoms with E-state index in [1.807, 2.05) is 31.2 Å². The lowest BCUT2D eigenvalue weighted by Gasteiger charge is -2.26. The van der Waals surface area contributed by atoms with Crippen LogP contribution in [-0.2, 0) is 9.59 Å². The molecule has 3 aromatic rings. The van der Waals surface area contributed by atoms with Gasteiger partial charge in [-0.25, -0.2) is 0 Å². The first-order chi connectivity index (χ1) is 17.8. The average molecular weight is 520 g/mol. The van der Waals surface area contributed by atoms with Gasteiger partial charge in [-0.05, 0) is 61.4 Å². The molecule has 0 aliphatic carbocycles. The van der Waals surface area contributed by atoms with Crippen LogP contribution >= 0.6 is 11.6 Å². The quantitative estimate of drug-likeness (QED) is 0.145. The van der Waals surface area contributed by atoms with E-state index in [0.717, 1.165) is 24.8 Å². The van der Waals surface area contributed by atoms with Gasteiger partial charge in [0.15, 0.2) is 0 Å². The number of halogens is 1. The van der Waals surface area contributed by atoms with E-state index >= 15 is 0 Å². The standard InChI is InChI=1S/C30H30ClNO5/c1-4-5-6-16-37-23-13-10-20(11-14-23)28(33)26-27(21-9-7-8-19(2)17-21)32(30(35)29(26)34)22-12-15-25(36-3)24(31)18-22/h7-15,17-18,27,33H,4-6,16H2,1-3H3/b28-26+. The molecule has 0 aromatic heterocycles. The Bertz CT molecular complexity index is 1330. The number of ketones is 1. The zero-order chi connectivity index (χ0) is 26.5. The van der Waals surface area contributed by atoms with Crippen LogP contribution in [0.25, 0.3) is 5.76 Å². The zero-order valence-electron chi connectivity index (χ0n) is 21.2. The molecule has 1 amide bonds. The molecule has 0 bridgehead atoms. The topological polar surface area (TPSA) is 76.1 Å². The number of Topliss-reactive ketones (excluding diaryl/α,β-unsaturated/α-hetero) is 1. The fraction of sp³-hybridized carbons (Fsp3) is 0.267. The number of carbonyl (C=O) groups excluding carboxylic acids is 2. The molecule has 6 nitrogen and oxygen atoms in total. The van der Waals surface area contributed by atoms with E-state index in [2.05, 4.69) is 6.92 Å². The Morgan fingerprint density at radius 3 is 2.43 bits per heavy atom. The largest absolute Gasteiger partial charge is 0.507 e. The van der Waals surface area contributed by atoms with Gasteiger partial charge >= 0.3 is 0 Å². The van der Waals surface area contributed by atoms with Crippen LogP contribution < -0.4 is 14.4 Å². The second-order valence-corrected chi connectivity index (χ2v) is 9.39. The summed E-state index contributed by atoms with van der Waals surface area (Å²) in [5.41, 5.74) is 2.52. The fourth-order valence-electron chi connectivity index (χ4n) is 4.47. The number of benzene rings is 3. The molecule has 1 aliphatic rings. The molecule has 1 heterocycles. The van der Waals surface area contributed by atoms with Crippen molar-refractivity contribution in [1.29, 1.82) is 0 Å². The second kappa shape index (κ2) is 11.5. The van der Waals surface area contributed by atoms with Crippen molar-refractivity contribution in [3.63, 3.8) is 0 Å². The van der Waals surface area contributed by atoms with Crippen LogP contribution in [0.3, 0.4) is 0 Å². The lowest BCUT2D eigenvalue weighted by Crippen LogP contribution is -2.29. The van der Waals surface area contributed by atoms with Crippen molar-refractivity contribution in [1.82, 2.24) is 0 Å². The number of ether oxygens (including phenoxy) is 2. The average Bonchev–Trinajstić information content (AvgIpc) is 3.16. The van der Waals surface area contributed by atoms with Gasteiger partial charge in [0.05, 0.1) is 30.4 Å². The monoisotopic (exact) mass is 519 g/mol. The highest BCUT2D eigenvalue weighted by molar-refractivity contribution is 6.51. The number of aliphatic hydroxyl groups is 1. The van der Waals surface area contributed by atoms with Crippen LogP contribution in [0.1, 0.15) is 48.9 Å². The number of methoxy groups -OCH3 is 1. The van der Waals surface area contributed by atoms with Gasteiger partial charge in [-0.15, -0.1) is 0 Å². The predicted octanol–water partition coefficient (Wildman–Crippen LogP) is 6.85. The number of unbranched alkanes of at least 4 members (excludes halogenated alkanes) is 2. The first kappa shape index (κ1) is 26.3. The molecule has 37 heavy (non-hydrogen) atoms. The Hall–Kier alpha value is -3.77. The summed E-state index contributed by atoms with van der Waals surface area (Å²) in [4.78, 5) is 28.1. The second-order valence-electron chi connectivity index (χ2n) is 8.98. The summed E-state index contributed by atoms with van der Waals surface area (Å²) in [7, 11) is 1.50. The molecular formula is C30H30ClNO5. The normalized spacial score (nSPS) is 16.8. The summed E-state index contributed by atoms with van der Waals surface area (Å²) in [6, 6.07) is 18.5. The van der Waals surface area contributed by atoms with Crippen molar-refractivity contribution < 1.29 is 24.2 Å². The first-order valence-corrected chi connectivity index (χ1v) is 12.7. The van der Waals surface area contributed by atoms with Crippen molar-refractivity contribution in [2.45, 2.75) is 39.2 Å². The Morgan fingerprint density at radius 1 is 1.03 bits per heavy atom. The molecule has 7 heteroatoms. The Balaban J connectivity index is 1.77. The Labute approximate surface area is 222 Å². The van der Waals surface area contributed by atoms with Crippen LogP contribution in [0.15, 0.2) is 72.3 Å². The maximum absolute atomic E-state index is 13.4. The van der Waals surface area contributed by atoms with Crippen molar-refractivity contribution in [2.75, 3.05) is 18.6 Å². The van der Waals surface area contributed by atoms with Gasteiger partial charge in [-0.3, -0.25) is 14.5 Å². The van der Waals surface area contributed by atoms with Gasteiger partial charge < -0.3 is 14.6 Å².